The topological polar surface area (TPSA) is 59.0 Å². The third-order valence-electron chi connectivity index (χ3n) is 5.19. The van der Waals surface area contributed by atoms with Crippen LogP contribution in [0.3, 0.4) is 0 Å². The lowest BCUT2D eigenvalue weighted by Crippen LogP contribution is -2.56. The van der Waals surface area contributed by atoms with E-state index in [1.165, 1.54) is 12.7 Å². The normalized spacial score (nSPS) is 23.3. The van der Waals surface area contributed by atoms with E-state index in [0.717, 1.165) is 18.7 Å². The van der Waals surface area contributed by atoms with E-state index in [-0.39, 0.29) is 5.97 Å². The number of rotatable bonds is 6. The number of carbonyl (C=O) groups is 1. The minimum Gasteiger partial charge on any atom is -0.468 e. The van der Waals surface area contributed by atoms with Crippen LogP contribution in [0.5, 0.6) is 0 Å². The molecule has 5 heteroatoms. The third kappa shape index (κ3) is 3.83. The van der Waals surface area contributed by atoms with Gasteiger partial charge >= 0.3 is 5.97 Å². The van der Waals surface area contributed by atoms with Gasteiger partial charge in [-0.15, -0.1) is 0 Å². The van der Waals surface area contributed by atoms with Crippen LogP contribution in [0.4, 0.5) is 0 Å². The fourth-order valence-electron chi connectivity index (χ4n) is 3.90. The SMILES string of the molecule is COC(=O)C1(Cc2ccccc2)CN(Cc2ccccc2)CCC1N=O. The number of hydrogen-bond donors (Lipinski definition) is 0. The van der Waals surface area contributed by atoms with Gasteiger partial charge in [-0.3, -0.25) is 9.69 Å². The van der Waals surface area contributed by atoms with Gasteiger partial charge in [0.1, 0.15) is 11.5 Å². The molecule has 0 radical (unpaired) electrons. The minimum absolute atomic E-state index is 0.358. The van der Waals surface area contributed by atoms with Crippen molar-refractivity contribution >= 4 is 5.97 Å². The van der Waals surface area contributed by atoms with E-state index >= 15 is 0 Å². The second-order valence-corrected chi connectivity index (χ2v) is 6.92. The summed E-state index contributed by atoms with van der Waals surface area (Å²) in [6, 6.07) is 19.3. The van der Waals surface area contributed by atoms with Crippen molar-refractivity contribution in [1.29, 1.82) is 0 Å². The molecule has 2 aromatic rings. The molecule has 2 aromatic carbocycles. The second kappa shape index (κ2) is 8.23. The Kier molecular flexibility index (Phi) is 5.78. The first-order valence-corrected chi connectivity index (χ1v) is 8.89. The van der Waals surface area contributed by atoms with Crippen molar-refractivity contribution in [3.05, 3.63) is 76.7 Å². The van der Waals surface area contributed by atoms with Crippen molar-refractivity contribution in [2.45, 2.75) is 25.4 Å². The van der Waals surface area contributed by atoms with Gasteiger partial charge in [0, 0.05) is 19.6 Å². The molecule has 0 bridgehead atoms. The van der Waals surface area contributed by atoms with Crippen LogP contribution in [-0.2, 0) is 22.5 Å². The van der Waals surface area contributed by atoms with Crippen LogP contribution in [0.25, 0.3) is 0 Å². The maximum absolute atomic E-state index is 12.8. The molecule has 1 saturated heterocycles. The Labute approximate surface area is 153 Å². The Balaban J connectivity index is 1.89. The Morgan fingerprint density at radius 2 is 1.73 bits per heavy atom. The fraction of sp³-hybridized carbons (Fsp3) is 0.381. The van der Waals surface area contributed by atoms with Crippen LogP contribution in [0.15, 0.2) is 65.8 Å². The predicted molar refractivity (Wildman–Crippen MR) is 101 cm³/mol. The molecule has 0 saturated carbocycles. The van der Waals surface area contributed by atoms with Crippen molar-refractivity contribution in [2.24, 2.45) is 10.6 Å². The molecule has 1 aliphatic heterocycles. The molecule has 0 N–H and O–H groups in total. The van der Waals surface area contributed by atoms with Crippen LogP contribution >= 0.6 is 0 Å². The highest BCUT2D eigenvalue weighted by molar-refractivity contribution is 5.79. The monoisotopic (exact) mass is 352 g/mol. The summed E-state index contributed by atoms with van der Waals surface area (Å²) in [5.41, 5.74) is 1.24. The van der Waals surface area contributed by atoms with E-state index in [1.54, 1.807) is 0 Å². The van der Waals surface area contributed by atoms with Crippen molar-refractivity contribution in [1.82, 2.24) is 4.90 Å². The van der Waals surface area contributed by atoms with Gasteiger partial charge in [-0.2, -0.15) is 4.91 Å². The Morgan fingerprint density at radius 3 is 2.31 bits per heavy atom. The largest absolute Gasteiger partial charge is 0.468 e. The number of benzene rings is 2. The summed E-state index contributed by atoms with van der Waals surface area (Å²) in [6.45, 7) is 1.93. The van der Waals surface area contributed by atoms with Crippen LogP contribution in [0.1, 0.15) is 17.5 Å². The molecule has 2 unspecified atom stereocenters. The number of carbonyl (C=O) groups excluding carboxylic acids is 1. The van der Waals surface area contributed by atoms with Gasteiger partial charge in [-0.25, -0.2) is 0 Å². The van der Waals surface area contributed by atoms with E-state index in [0.29, 0.717) is 19.4 Å². The molecule has 1 fully saturated rings. The standard InChI is InChI=1S/C21H24N2O3/c1-26-20(24)21(14-17-8-4-2-5-9-17)16-23(13-12-19(21)22-25)15-18-10-6-3-7-11-18/h2-11,19H,12-16H2,1H3. The first-order valence-electron chi connectivity index (χ1n) is 8.89. The summed E-state index contributed by atoms with van der Waals surface area (Å²) in [6.07, 6.45) is 1.00. The first kappa shape index (κ1) is 18.3. The second-order valence-electron chi connectivity index (χ2n) is 6.92. The molecular weight excluding hydrogens is 328 g/mol. The number of likely N-dealkylation sites (tertiary alicyclic amines) is 1. The van der Waals surface area contributed by atoms with Gasteiger partial charge in [-0.1, -0.05) is 65.8 Å². The van der Waals surface area contributed by atoms with Crippen molar-refractivity contribution in [2.75, 3.05) is 20.2 Å². The Morgan fingerprint density at radius 1 is 1.12 bits per heavy atom. The van der Waals surface area contributed by atoms with Crippen LogP contribution in [0.2, 0.25) is 0 Å². The van der Waals surface area contributed by atoms with Gasteiger partial charge in [0.25, 0.3) is 0 Å². The van der Waals surface area contributed by atoms with Crippen LogP contribution in [-0.4, -0.2) is 37.1 Å². The fourth-order valence-corrected chi connectivity index (χ4v) is 3.90. The number of hydrogen-bond acceptors (Lipinski definition) is 5. The molecule has 0 aliphatic carbocycles. The quantitative estimate of drug-likeness (QED) is 0.590. The average molecular weight is 352 g/mol. The molecule has 1 heterocycles. The number of methoxy groups -OCH3 is 1. The zero-order valence-corrected chi connectivity index (χ0v) is 15.0. The third-order valence-corrected chi connectivity index (χ3v) is 5.19. The van der Waals surface area contributed by atoms with Gasteiger partial charge in [0.15, 0.2) is 0 Å². The smallest absolute Gasteiger partial charge is 0.315 e. The number of esters is 1. The number of piperidine rings is 1. The van der Waals surface area contributed by atoms with Gasteiger partial charge in [0.2, 0.25) is 0 Å². The maximum Gasteiger partial charge on any atom is 0.315 e. The maximum atomic E-state index is 12.8. The highest BCUT2D eigenvalue weighted by Crippen LogP contribution is 2.38. The molecule has 0 spiro atoms. The van der Waals surface area contributed by atoms with Crippen LogP contribution < -0.4 is 0 Å². The number of nitroso groups, excluding NO2 is 1. The predicted octanol–water partition coefficient (Wildman–Crippen LogP) is 3.43. The van der Waals surface area contributed by atoms with Gasteiger partial charge in [0.05, 0.1) is 7.11 Å². The summed E-state index contributed by atoms with van der Waals surface area (Å²) in [4.78, 5) is 26.6. The van der Waals surface area contributed by atoms with E-state index < -0.39 is 11.5 Å². The molecule has 0 aromatic heterocycles. The minimum atomic E-state index is -0.953. The summed E-state index contributed by atoms with van der Waals surface area (Å²) in [7, 11) is 1.38. The summed E-state index contributed by atoms with van der Waals surface area (Å²) >= 11 is 0. The average Bonchev–Trinajstić information content (AvgIpc) is 2.69. The highest BCUT2D eigenvalue weighted by atomic mass is 16.5. The molecule has 3 rings (SSSR count). The number of ether oxygens (including phenoxy) is 1. The van der Waals surface area contributed by atoms with E-state index in [4.69, 9.17) is 4.74 Å². The van der Waals surface area contributed by atoms with E-state index in [2.05, 4.69) is 22.2 Å². The van der Waals surface area contributed by atoms with Gasteiger partial charge < -0.3 is 4.74 Å². The van der Waals surface area contributed by atoms with E-state index in [9.17, 15) is 9.70 Å². The molecule has 26 heavy (non-hydrogen) atoms. The zero-order chi connectivity index (χ0) is 18.4. The van der Waals surface area contributed by atoms with Crippen molar-refractivity contribution in [3.63, 3.8) is 0 Å². The Hall–Kier alpha value is -2.53. The molecular formula is C21H24N2O3. The molecule has 136 valence electrons. The molecule has 1 aliphatic rings. The molecule has 5 nitrogen and oxygen atoms in total. The summed E-state index contributed by atoms with van der Waals surface area (Å²) in [5, 5.41) is 3.33. The lowest BCUT2D eigenvalue weighted by Gasteiger charge is -2.43. The van der Waals surface area contributed by atoms with Crippen molar-refractivity contribution < 1.29 is 9.53 Å². The highest BCUT2D eigenvalue weighted by Gasteiger charge is 2.51. The summed E-state index contributed by atoms with van der Waals surface area (Å²) < 4.78 is 5.13. The Bertz CT molecular complexity index is 735. The summed E-state index contributed by atoms with van der Waals surface area (Å²) in [5.74, 6) is -0.358. The molecule has 2 atom stereocenters. The van der Waals surface area contributed by atoms with Gasteiger partial charge in [-0.05, 0) is 24.0 Å². The van der Waals surface area contributed by atoms with E-state index in [1.807, 2.05) is 48.5 Å². The lowest BCUT2D eigenvalue weighted by atomic mass is 9.71. The van der Waals surface area contributed by atoms with Crippen LogP contribution in [0, 0.1) is 10.3 Å². The number of nitrogens with zero attached hydrogens (tertiary/aromatic N) is 2. The lowest BCUT2D eigenvalue weighted by molar-refractivity contribution is -0.158. The van der Waals surface area contributed by atoms with Crippen molar-refractivity contribution in [3.8, 4) is 0 Å². The zero-order valence-electron chi connectivity index (χ0n) is 15.0. The first-order chi connectivity index (χ1) is 12.7. The molecule has 0 amide bonds.